The average molecular weight is 389 g/mol. The average Bonchev–Trinajstić information content (AvgIpc) is 2.51. The molecule has 2 rings (SSSR count). The first-order valence-electron chi connectivity index (χ1n) is 7.01. The van der Waals surface area contributed by atoms with E-state index in [9.17, 15) is 18.3 Å². The molecule has 0 aromatic heterocycles. The van der Waals surface area contributed by atoms with Gasteiger partial charge in [0.2, 0.25) is 0 Å². The molecule has 23 heavy (non-hydrogen) atoms. The van der Waals surface area contributed by atoms with Crippen molar-refractivity contribution in [3.63, 3.8) is 0 Å². The minimum absolute atomic E-state index is 0.00741. The molecular weight excluding hydrogens is 373 g/mol. The van der Waals surface area contributed by atoms with Crippen LogP contribution in [0.1, 0.15) is 18.9 Å². The summed E-state index contributed by atoms with van der Waals surface area (Å²) in [5, 5.41) is 10.3. The molecule has 0 bridgehead atoms. The van der Waals surface area contributed by atoms with Crippen LogP contribution in [0.5, 0.6) is 5.75 Å². The van der Waals surface area contributed by atoms with Gasteiger partial charge in [0.1, 0.15) is 17.6 Å². The summed E-state index contributed by atoms with van der Waals surface area (Å²) >= 11 is 3.04. The third-order valence-electron chi connectivity index (χ3n) is 3.58. The molecule has 6 heteroatoms. The van der Waals surface area contributed by atoms with Gasteiger partial charge < -0.3 is 9.84 Å². The number of alkyl halides is 1. The van der Waals surface area contributed by atoms with Gasteiger partial charge in [0.15, 0.2) is 11.6 Å². The van der Waals surface area contributed by atoms with E-state index in [1.165, 1.54) is 31.2 Å². The van der Waals surface area contributed by atoms with Gasteiger partial charge in [-0.15, -0.1) is 0 Å². The molecule has 2 atom stereocenters. The first-order valence-corrected chi connectivity index (χ1v) is 7.81. The molecule has 1 N–H and O–H groups in total. The molecule has 0 heterocycles. The highest BCUT2D eigenvalue weighted by Gasteiger charge is 2.33. The summed E-state index contributed by atoms with van der Waals surface area (Å²) in [5.41, 5.74) is -1.52. The predicted molar refractivity (Wildman–Crippen MR) is 85.1 cm³/mol. The van der Waals surface area contributed by atoms with Crippen LogP contribution in [-0.2, 0) is 5.60 Å². The van der Waals surface area contributed by atoms with E-state index in [0.717, 1.165) is 12.1 Å². The Balaban J connectivity index is 1.97. The molecule has 0 spiro atoms. The fourth-order valence-corrected chi connectivity index (χ4v) is 2.47. The predicted octanol–water partition coefficient (Wildman–Crippen LogP) is 4.74. The Bertz CT molecular complexity index is 659. The number of halogens is 4. The van der Waals surface area contributed by atoms with Crippen LogP contribution in [0.3, 0.4) is 0 Å². The van der Waals surface area contributed by atoms with Gasteiger partial charge in [0, 0.05) is 6.42 Å². The van der Waals surface area contributed by atoms with Crippen LogP contribution in [0, 0.1) is 11.6 Å². The van der Waals surface area contributed by atoms with Crippen LogP contribution >= 0.6 is 15.9 Å². The van der Waals surface area contributed by atoms with Crippen molar-refractivity contribution in [2.75, 3.05) is 6.61 Å². The summed E-state index contributed by atoms with van der Waals surface area (Å²) in [7, 11) is 0. The van der Waals surface area contributed by atoms with E-state index in [1.54, 1.807) is 6.07 Å². The summed E-state index contributed by atoms with van der Waals surface area (Å²) in [4.78, 5) is 0. The Labute approximate surface area is 141 Å². The quantitative estimate of drug-likeness (QED) is 0.773. The van der Waals surface area contributed by atoms with E-state index in [1.807, 2.05) is 0 Å². The molecule has 0 radical (unpaired) electrons. The highest BCUT2D eigenvalue weighted by atomic mass is 79.9. The first kappa shape index (κ1) is 17.8. The fourth-order valence-electron chi connectivity index (χ4n) is 2.12. The zero-order valence-corrected chi connectivity index (χ0v) is 14.0. The van der Waals surface area contributed by atoms with Crippen molar-refractivity contribution in [2.45, 2.75) is 25.1 Å². The van der Waals surface area contributed by atoms with Crippen molar-refractivity contribution in [3.05, 3.63) is 64.1 Å². The van der Waals surface area contributed by atoms with Crippen molar-refractivity contribution in [2.24, 2.45) is 0 Å². The molecule has 0 saturated heterocycles. The number of hydrogen-bond donors (Lipinski definition) is 1. The van der Waals surface area contributed by atoms with E-state index in [0.29, 0.717) is 0 Å². The second-order valence-corrected chi connectivity index (χ2v) is 6.17. The lowest BCUT2D eigenvalue weighted by Gasteiger charge is -2.28. The zero-order valence-electron chi connectivity index (χ0n) is 12.4. The fraction of sp³-hybridized carbons (Fsp3) is 0.294. The van der Waals surface area contributed by atoms with Crippen molar-refractivity contribution in [1.29, 1.82) is 0 Å². The lowest BCUT2D eigenvalue weighted by molar-refractivity contribution is -0.0323. The molecule has 0 aliphatic carbocycles. The molecule has 0 saturated carbocycles. The van der Waals surface area contributed by atoms with Crippen LogP contribution in [0.4, 0.5) is 13.2 Å². The second-order valence-electron chi connectivity index (χ2n) is 5.31. The van der Waals surface area contributed by atoms with Gasteiger partial charge in [-0.05, 0) is 52.7 Å². The van der Waals surface area contributed by atoms with E-state index >= 15 is 0 Å². The minimum atomic E-state index is -1.78. The maximum absolute atomic E-state index is 14.3. The first-order chi connectivity index (χ1) is 10.8. The highest BCUT2D eigenvalue weighted by Crippen LogP contribution is 2.30. The number of aliphatic hydroxyl groups is 1. The largest absolute Gasteiger partial charge is 0.490 e. The molecule has 2 aromatic carbocycles. The van der Waals surface area contributed by atoms with Crippen molar-refractivity contribution in [1.82, 2.24) is 0 Å². The molecule has 0 fully saturated rings. The van der Waals surface area contributed by atoms with E-state index < -0.39 is 23.4 Å². The van der Waals surface area contributed by atoms with Gasteiger partial charge in [-0.2, -0.15) is 0 Å². The Hall–Kier alpha value is -1.53. The molecular formula is C17H16BrF3O2. The lowest BCUT2D eigenvalue weighted by Crippen LogP contribution is -2.34. The second kappa shape index (κ2) is 7.36. The van der Waals surface area contributed by atoms with Gasteiger partial charge in [0.05, 0.1) is 11.1 Å². The Morgan fingerprint density at radius 3 is 2.48 bits per heavy atom. The third kappa shape index (κ3) is 4.26. The van der Waals surface area contributed by atoms with E-state index in [2.05, 4.69) is 15.9 Å². The van der Waals surface area contributed by atoms with Crippen molar-refractivity contribution >= 4 is 15.9 Å². The molecule has 0 amide bonds. The summed E-state index contributed by atoms with van der Waals surface area (Å²) < 4.78 is 46.4. The molecule has 2 nitrogen and oxygen atoms in total. The van der Waals surface area contributed by atoms with Crippen LogP contribution < -0.4 is 4.74 Å². The monoisotopic (exact) mass is 388 g/mol. The number of rotatable bonds is 6. The van der Waals surface area contributed by atoms with Crippen LogP contribution in [0.2, 0.25) is 0 Å². The SMILES string of the molecule is CC(O)(c1ccc(F)cc1)C(F)CCOc1cccc(Br)c1F. The summed E-state index contributed by atoms with van der Waals surface area (Å²) in [5.74, 6) is -1.02. The molecule has 124 valence electrons. The normalized spacial score (nSPS) is 15.0. The zero-order chi connectivity index (χ0) is 17.0. The van der Waals surface area contributed by atoms with Gasteiger partial charge in [-0.3, -0.25) is 0 Å². The Kier molecular flexibility index (Phi) is 5.70. The smallest absolute Gasteiger partial charge is 0.179 e. The molecule has 0 aliphatic rings. The topological polar surface area (TPSA) is 29.5 Å². The van der Waals surface area contributed by atoms with E-state index in [4.69, 9.17) is 4.74 Å². The summed E-state index contributed by atoms with van der Waals surface area (Å²) in [6.07, 6.45) is -1.79. The summed E-state index contributed by atoms with van der Waals surface area (Å²) in [6, 6.07) is 9.54. The van der Waals surface area contributed by atoms with Gasteiger partial charge in [0.25, 0.3) is 0 Å². The van der Waals surface area contributed by atoms with Crippen LogP contribution in [-0.4, -0.2) is 17.9 Å². The van der Waals surface area contributed by atoms with E-state index in [-0.39, 0.29) is 28.8 Å². The Morgan fingerprint density at radius 2 is 1.83 bits per heavy atom. The standard InChI is InChI=1S/C17H16BrF3O2/c1-17(22,11-5-7-12(19)8-6-11)15(20)9-10-23-14-4-2-3-13(18)16(14)21/h2-8,15,22H,9-10H2,1H3. The Morgan fingerprint density at radius 1 is 1.17 bits per heavy atom. The minimum Gasteiger partial charge on any atom is -0.490 e. The molecule has 2 unspecified atom stereocenters. The van der Waals surface area contributed by atoms with Gasteiger partial charge >= 0.3 is 0 Å². The number of ether oxygens (including phenoxy) is 1. The van der Waals surface area contributed by atoms with Crippen molar-refractivity contribution in [3.8, 4) is 5.75 Å². The highest BCUT2D eigenvalue weighted by molar-refractivity contribution is 9.10. The van der Waals surface area contributed by atoms with Crippen LogP contribution in [0.15, 0.2) is 46.9 Å². The molecule has 2 aromatic rings. The van der Waals surface area contributed by atoms with Gasteiger partial charge in [-0.25, -0.2) is 13.2 Å². The lowest BCUT2D eigenvalue weighted by atomic mass is 9.89. The number of hydrogen-bond acceptors (Lipinski definition) is 2. The van der Waals surface area contributed by atoms with Crippen LogP contribution in [0.25, 0.3) is 0 Å². The molecule has 0 aliphatic heterocycles. The maximum Gasteiger partial charge on any atom is 0.179 e. The summed E-state index contributed by atoms with van der Waals surface area (Å²) in [6.45, 7) is 1.20. The number of benzene rings is 2. The third-order valence-corrected chi connectivity index (χ3v) is 4.20. The van der Waals surface area contributed by atoms with Crippen molar-refractivity contribution < 1.29 is 23.0 Å². The van der Waals surface area contributed by atoms with Gasteiger partial charge in [-0.1, -0.05) is 18.2 Å². The maximum atomic E-state index is 14.3.